The third kappa shape index (κ3) is 4.87. The first kappa shape index (κ1) is 30.9. The molecule has 0 N–H and O–H groups in total. The summed E-state index contributed by atoms with van der Waals surface area (Å²) in [6.45, 7) is 11.6. The number of aryl methyl sites for hydroxylation is 2. The van der Waals surface area contributed by atoms with Gasteiger partial charge in [0, 0.05) is 0 Å². The predicted octanol–water partition coefficient (Wildman–Crippen LogP) is 12.4. The number of fused-ring (bicyclic) bond motifs is 2. The van der Waals surface area contributed by atoms with Crippen LogP contribution in [0.15, 0.2) is 121 Å². The number of halogens is 2. The molecule has 2 atom stereocenters. The maximum absolute atomic E-state index is 8.70. The summed E-state index contributed by atoms with van der Waals surface area (Å²) >= 11 is -4.94. The van der Waals surface area contributed by atoms with Gasteiger partial charge in [-0.05, 0) is 0 Å². The minimum atomic E-state index is -4.94. The normalized spacial score (nSPS) is 18.2. The molecule has 7 rings (SSSR count). The first-order valence-electron chi connectivity index (χ1n) is 16.0. The summed E-state index contributed by atoms with van der Waals surface area (Å²) < 4.78 is 0.0330. The van der Waals surface area contributed by atoms with Crippen LogP contribution >= 0.6 is 17.0 Å². The first-order chi connectivity index (χ1) is 21.6. The van der Waals surface area contributed by atoms with Gasteiger partial charge in [0.25, 0.3) is 0 Å². The van der Waals surface area contributed by atoms with Gasteiger partial charge in [-0.2, -0.15) is 0 Å². The van der Waals surface area contributed by atoms with E-state index in [9.17, 15) is 0 Å². The summed E-state index contributed by atoms with van der Waals surface area (Å²) in [6.07, 6.45) is 4.85. The molecule has 5 aromatic carbocycles. The van der Waals surface area contributed by atoms with Crippen molar-refractivity contribution in [3.8, 4) is 22.3 Å². The quantitative estimate of drug-likeness (QED) is 0.153. The van der Waals surface area contributed by atoms with Crippen LogP contribution in [0.3, 0.4) is 0 Å². The van der Waals surface area contributed by atoms with Crippen LogP contribution in [-0.2, 0) is 15.6 Å². The zero-order valence-corrected chi connectivity index (χ0v) is 31.7. The zero-order chi connectivity index (χ0) is 31.5. The van der Waals surface area contributed by atoms with Crippen molar-refractivity contribution in [2.24, 2.45) is 0 Å². The van der Waals surface area contributed by atoms with Gasteiger partial charge in [-0.15, -0.1) is 0 Å². The van der Waals surface area contributed by atoms with E-state index in [1.165, 1.54) is 72.3 Å². The Labute approximate surface area is 277 Å². The van der Waals surface area contributed by atoms with Crippen molar-refractivity contribution < 1.29 is 15.6 Å². The Morgan fingerprint density at radius 1 is 0.578 bits per heavy atom. The molecule has 0 nitrogen and oxygen atoms in total. The molecule has 0 radical (unpaired) electrons. The molecule has 2 unspecified atom stereocenters. The van der Waals surface area contributed by atoms with E-state index in [-0.39, 0.29) is 7.25 Å². The van der Waals surface area contributed by atoms with Gasteiger partial charge < -0.3 is 0 Å². The van der Waals surface area contributed by atoms with Gasteiger partial charge in [0.15, 0.2) is 0 Å². The molecule has 45 heavy (non-hydrogen) atoms. The van der Waals surface area contributed by atoms with Crippen molar-refractivity contribution in [3.05, 3.63) is 160 Å². The molecule has 0 saturated heterocycles. The molecular weight excluding hydrogens is 683 g/mol. The Bertz CT molecular complexity index is 2010. The van der Waals surface area contributed by atoms with Crippen LogP contribution in [-0.4, -0.2) is 5.92 Å². The van der Waals surface area contributed by atoms with Crippen LogP contribution in [0, 0.1) is 13.8 Å². The van der Waals surface area contributed by atoms with Crippen LogP contribution < -0.4 is 0 Å². The van der Waals surface area contributed by atoms with Gasteiger partial charge in [0.05, 0.1) is 0 Å². The summed E-state index contributed by atoms with van der Waals surface area (Å²) in [5.74, 6) is -1.69. The first-order valence-corrected chi connectivity index (χ1v) is 32.3. The Hall–Kier alpha value is -2.74. The van der Waals surface area contributed by atoms with E-state index < -0.39 is 21.5 Å². The molecule has 0 heterocycles. The van der Waals surface area contributed by atoms with E-state index in [2.05, 4.69) is 161 Å². The second kappa shape index (κ2) is 11.5. The summed E-state index contributed by atoms with van der Waals surface area (Å²) in [5, 5.41) is 0. The molecule has 2 aliphatic rings. The molecule has 0 spiro atoms. The Balaban J connectivity index is 1.52. The van der Waals surface area contributed by atoms with E-state index in [0.29, 0.717) is 0 Å². The molecule has 5 aromatic rings. The Morgan fingerprint density at radius 3 is 1.80 bits per heavy atom. The van der Waals surface area contributed by atoms with E-state index in [1.54, 1.807) is 0 Å². The summed E-state index contributed by atoms with van der Waals surface area (Å²) in [4.78, 5) is 0. The standard InChI is InChI=1S/C22H17.C17H15.C2H7Si.2ClH.Zr/c1-16-7-5-10-18(13-16)20-14-19-11-6-12-21(22(19)15-20)17-8-3-2-4-9-17;1-12-10-16-13(2)8-9-15(17(16)11-12)14-6-4-3-5-7-14;1-3-2;;;/h2-15H,1H3;3-11H,1-2H3;3H,1-2H3;2*1H;/q;;;;;+2/p-2. The van der Waals surface area contributed by atoms with Crippen LogP contribution in [0.2, 0.25) is 13.1 Å². The van der Waals surface area contributed by atoms with E-state index >= 15 is 0 Å². The number of hydrogen-bond acceptors (Lipinski definition) is 0. The Kier molecular flexibility index (Phi) is 7.89. The molecule has 0 amide bonds. The second-order valence-electron chi connectivity index (χ2n) is 13.4. The molecule has 225 valence electrons. The monoisotopic (exact) mass is 719 g/mol. The molecule has 0 fully saturated rings. The van der Waals surface area contributed by atoms with Gasteiger partial charge in [0.2, 0.25) is 0 Å². The topological polar surface area (TPSA) is 0 Å². The molecule has 0 saturated carbocycles. The molecule has 0 aliphatic heterocycles. The third-order valence-corrected chi connectivity index (χ3v) is 62.3. The van der Waals surface area contributed by atoms with Crippen LogP contribution in [0.25, 0.3) is 40.0 Å². The number of benzene rings is 5. The average Bonchev–Trinajstić information content (AvgIpc) is 3.62. The summed E-state index contributed by atoms with van der Waals surface area (Å²) in [6, 6.07) is 41.8. The summed E-state index contributed by atoms with van der Waals surface area (Å²) in [5.41, 5.74) is 16.6. The number of allylic oxidation sites excluding steroid dienone is 2. The van der Waals surface area contributed by atoms with Crippen molar-refractivity contribution >= 4 is 40.7 Å². The molecule has 0 aromatic heterocycles. The number of hydrogen-bond donors (Lipinski definition) is 0. The van der Waals surface area contributed by atoms with Crippen LogP contribution in [0.4, 0.5) is 0 Å². The van der Waals surface area contributed by atoms with Gasteiger partial charge in [-0.3, -0.25) is 0 Å². The van der Waals surface area contributed by atoms with Crippen LogP contribution in [0.5, 0.6) is 0 Å². The van der Waals surface area contributed by atoms with Gasteiger partial charge in [-0.25, -0.2) is 0 Å². The molecule has 2 aliphatic carbocycles. The second-order valence-corrected chi connectivity index (χ2v) is 55.9. The van der Waals surface area contributed by atoms with E-state index in [0.717, 1.165) is 0 Å². The van der Waals surface area contributed by atoms with Gasteiger partial charge >= 0.3 is 279 Å². The molecular formula is C41H39Cl2SiZr. The van der Waals surface area contributed by atoms with Crippen molar-refractivity contribution in [2.45, 2.75) is 41.1 Å². The minimum absolute atomic E-state index is 0.0130. The fourth-order valence-corrected chi connectivity index (χ4v) is 39.7. The Morgan fingerprint density at radius 2 is 1.18 bits per heavy atom. The molecule has 0 bridgehead atoms. The van der Waals surface area contributed by atoms with E-state index in [1.807, 2.05) is 0 Å². The summed E-state index contributed by atoms with van der Waals surface area (Å²) in [7, 11) is 17.4. The van der Waals surface area contributed by atoms with Crippen molar-refractivity contribution in [1.82, 2.24) is 0 Å². The van der Waals surface area contributed by atoms with Crippen molar-refractivity contribution in [3.63, 3.8) is 0 Å². The van der Waals surface area contributed by atoms with Crippen molar-refractivity contribution in [2.75, 3.05) is 0 Å². The number of rotatable bonds is 6. The third-order valence-electron chi connectivity index (χ3n) is 10.4. The maximum atomic E-state index is 8.70. The van der Waals surface area contributed by atoms with E-state index in [4.69, 9.17) is 17.0 Å². The molecule has 4 heteroatoms. The fraction of sp³-hybridized carbons (Fsp3) is 0.171. The fourth-order valence-electron chi connectivity index (χ4n) is 8.18. The SMILES string of the molecule is CC1=Cc2c(-c3ccccc3)ccc(C)c2[CH]1[Zr]([Cl])([Cl])([CH]1C(c2cccc(C)c2)=Cc2c(-c3ccccc3)cccc21)[SiH](C)C. The van der Waals surface area contributed by atoms with Crippen molar-refractivity contribution in [1.29, 1.82) is 0 Å². The average molecular weight is 722 g/mol. The van der Waals surface area contributed by atoms with Gasteiger partial charge in [-0.1, -0.05) is 0 Å². The predicted molar refractivity (Wildman–Crippen MR) is 197 cm³/mol. The van der Waals surface area contributed by atoms with Gasteiger partial charge in [0.1, 0.15) is 0 Å². The van der Waals surface area contributed by atoms with Crippen LogP contribution in [0.1, 0.15) is 53.1 Å². The zero-order valence-electron chi connectivity index (χ0n) is 26.6.